The molecule has 1 amide bonds. The van der Waals surface area contributed by atoms with Gasteiger partial charge in [-0.1, -0.05) is 13.8 Å². The van der Waals surface area contributed by atoms with Gasteiger partial charge in [-0.15, -0.1) is 0 Å². The van der Waals surface area contributed by atoms with Crippen molar-refractivity contribution < 1.29 is 4.79 Å². The first-order valence-electron chi connectivity index (χ1n) is 4.57. The molecule has 4 heteroatoms. The van der Waals surface area contributed by atoms with Gasteiger partial charge in [0, 0.05) is 24.9 Å². The van der Waals surface area contributed by atoms with E-state index in [0.717, 1.165) is 12.2 Å². The first-order valence-corrected chi connectivity index (χ1v) is 4.57. The third-order valence-corrected chi connectivity index (χ3v) is 1.18. The molecule has 78 valence electrons. The van der Waals surface area contributed by atoms with E-state index in [4.69, 9.17) is 0 Å². The van der Waals surface area contributed by atoms with Gasteiger partial charge >= 0.3 is 0 Å². The first-order chi connectivity index (χ1) is 6.29. The molecule has 0 aliphatic carbocycles. The molecule has 0 aromatic carbocycles. The summed E-state index contributed by atoms with van der Waals surface area (Å²) in [7, 11) is 1.50. The number of hydrogen-bond acceptors (Lipinski definition) is 3. The number of carbonyl (C=O) groups is 1. The van der Waals surface area contributed by atoms with Crippen LogP contribution in [0.4, 0.5) is 0 Å². The van der Waals surface area contributed by atoms with Crippen molar-refractivity contribution in [1.29, 1.82) is 0 Å². The summed E-state index contributed by atoms with van der Waals surface area (Å²) in [6, 6.07) is 0. The molecule has 0 saturated heterocycles. The minimum absolute atomic E-state index is 0.00231. The number of amides is 1. The van der Waals surface area contributed by atoms with Crippen LogP contribution in [0, 0.1) is 0 Å². The highest BCUT2D eigenvalue weighted by molar-refractivity contribution is 5.88. The minimum atomic E-state index is -0.00231. The number of rotatable bonds is 0. The summed E-state index contributed by atoms with van der Waals surface area (Å²) in [6.45, 7) is 7.42. The van der Waals surface area contributed by atoms with E-state index < -0.39 is 0 Å². The fourth-order valence-electron chi connectivity index (χ4n) is 0.744. The second-order valence-electron chi connectivity index (χ2n) is 2.05. The van der Waals surface area contributed by atoms with E-state index in [2.05, 4.69) is 16.4 Å². The summed E-state index contributed by atoms with van der Waals surface area (Å²) in [5.74, 6) is -0.00231. The highest BCUT2D eigenvalue weighted by atomic mass is 16.1. The van der Waals surface area contributed by atoms with Gasteiger partial charge < -0.3 is 16.4 Å². The van der Waals surface area contributed by atoms with Crippen molar-refractivity contribution in [3.8, 4) is 0 Å². The SMILES string of the molecule is CC.CC1=CC(=O)NCCN1.CN. The normalized spacial score (nSPS) is 14.2. The lowest BCUT2D eigenvalue weighted by Crippen LogP contribution is -2.25. The number of carbonyl (C=O) groups excluding carboxylic acids is 1. The molecular weight excluding hydrogens is 166 g/mol. The maximum atomic E-state index is 10.7. The average Bonchev–Trinajstić information content (AvgIpc) is 2.36. The van der Waals surface area contributed by atoms with Crippen LogP contribution in [0.1, 0.15) is 20.8 Å². The monoisotopic (exact) mass is 187 g/mol. The Morgan fingerprint density at radius 3 is 2.23 bits per heavy atom. The lowest BCUT2D eigenvalue weighted by Gasteiger charge is -1.98. The van der Waals surface area contributed by atoms with Crippen LogP contribution in [-0.4, -0.2) is 26.0 Å². The molecule has 4 nitrogen and oxygen atoms in total. The quantitative estimate of drug-likeness (QED) is 0.508. The third-order valence-electron chi connectivity index (χ3n) is 1.18. The van der Waals surface area contributed by atoms with Crippen LogP contribution in [0.3, 0.4) is 0 Å². The topological polar surface area (TPSA) is 67.2 Å². The summed E-state index contributed by atoms with van der Waals surface area (Å²) in [5.41, 5.74) is 5.44. The Morgan fingerprint density at radius 1 is 1.23 bits per heavy atom. The van der Waals surface area contributed by atoms with E-state index >= 15 is 0 Å². The van der Waals surface area contributed by atoms with E-state index in [1.54, 1.807) is 6.08 Å². The summed E-state index contributed by atoms with van der Waals surface area (Å²) in [6.07, 6.45) is 1.56. The summed E-state index contributed by atoms with van der Waals surface area (Å²) in [4.78, 5) is 10.7. The smallest absolute Gasteiger partial charge is 0.245 e. The minimum Gasteiger partial charge on any atom is -0.387 e. The van der Waals surface area contributed by atoms with Gasteiger partial charge in [-0.25, -0.2) is 0 Å². The van der Waals surface area contributed by atoms with Gasteiger partial charge in [-0.3, -0.25) is 4.79 Å². The molecule has 0 spiro atoms. The molecule has 0 bridgehead atoms. The van der Waals surface area contributed by atoms with Crippen molar-refractivity contribution in [3.05, 3.63) is 11.8 Å². The molecule has 4 N–H and O–H groups in total. The van der Waals surface area contributed by atoms with Gasteiger partial charge in [0.2, 0.25) is 5.91 Å². The van der Waals surface area contributed by atoms with Gasteiger partial charge in [0.25, 0.3) is 0 Å². The molecule has 0 aromatic rings. The number of nitrogens with one attached hydrogen (secondary N) is 2. The van der Waals surface area contributed by atoms with Crippen molar-refractivity contribution in [2.24, 2.45) is 5.73 Å². The zero-order valence-corrected chi connectivity index (χ0v) is 8.98. The van der Waals surface area contributed by atoms with Crippen LogP contribution in [0.5, 0.6) is 0 Å². The van der Waals surface area contributed by atoms with Gasteiger partial charge in [-0.05, 0) is 14.0 Å². The van der Waals surface area contributed by atoms with Crippen molar-refractivity contribution >= 4 is 5.91 Å². The molecule has 0 aromatic heterocycles. The number of nitrogens with two attached hydrogens (primary N) is 1. The molecule has 0 fully saturated rings. The fourth-order valence-corrected chi connectivity index (χ4v) is 0.744. The maximum Gasteiger partial charge on any atom is 0.245 e. The maximum absolute atomic E-state index is 10.7. The molecule has 0 unspecified atom stereocenters. The van der Waals surface area contributed by atoms with Crippen molar-refractivity contribution in [2.75, 3.05) is 20.1 Å². The second kappa shape index (κ2) is 11.0. The molecule has 1 aliphatic rings. The van der Waals surface area contributed by atoms with Crippen molar-refractivity contribution in [3.63, 3.8) is 0 Å². The van der Waals surface area contributed by atoms with E-state index in [1.165, 1.54) is 7.05 Å². The Bertz CT molecular complexity index is 155. The van der Waals surface area contributed by atoms with Crippen molar-refractivity contribution in [2.45, 2.75) is 20.8 Å². The Kier molecular flexibility index (Phi) is 12.2. The highest BCUT2D eigenvalue weighted by Gasteiger charge is 2.00. The zero-order valence-electron chi connectivity index (χ0n) is 8.98. The first kappa shape index (κ1) is 14.5. The second-order valence-corrected chi connectivity index (χ2v) is 2.05. The van der Waals surface area contributed by atoms with E-state index in [0.29, 0.717) is 6.54 Å². The van der Waals surface area contributed by atoms with Crippen LogP contribution < -0.4 is 16.4 Å². The predicted molar refractivity (Wildman–Crippen MR) is 56.2 cm³/mol. The lowest BCUT2D eigenvalue weighted by molar-refractivity contribution is -0.116. The molecule has 0 saturated carbocycles. The number of allylic oxidation sites excluding steroid dienone is 1. The Morgan fingerprint density at radius 2 is 1.69 bits per heavy atom. The van der Waals surface area contributed by atoms with Crippen LogP contribution in [0.15, 0.2) is 11.8 Å². The molecule has 1 rings (SSSR count). The largest absolute Gasteiger partial charge is 0.387 e. The average molecular weight is 187 g/mol. The Labute approximate surface area is 80.6 Å². The lowest BCUT2D eigenvalue weighted by atomic mass is 10.4. The standard InChI is InChI=1S/C6H10N2O.C2H6.CH5N/c1-5-4-6(9)8-3-2-7-5;2*1-2/h4,7H,2-3H2,1H3,(H,8,9);1-2H3;2H2,1H3. The summed E-state index contributed by atoms with van der Waals surface area (Å²) in [5, 5.41) is 5.75. The van der Waals surface area contributed by atoms with E-state index in [9.17, 15) is 4.79 Å². The molecule has 1 aliphatic heterocycles. The predicted octanol–water partition coefficient (Wildman–Crippen LogP) is 0.211. The van der Waals surface area contributed by atoms with E-state index in [1.807, 2.05) is 20.8 Å². The van der Waals surface area contributed by atoms with Gasteiger partial charge in [0.1, 0.15) is 0 Å². The van der Waals surface area contributed by atoms with Gasteiger partial charge in [0.15, 0.2) is 0 Å². The molecule has 13 heavy (non-hydrogen) atoms. The summed E-state index contributed by atoms with van der Waals surface area (Å²) >= 11 is 0. The Hall–Kier alpha value is -1.03. The van der Waals surface area contributed by atoms with Gasteiger partial charge in [-0.2, -0.15) is 0 Å². The molecule has 0 atom stereocenters. The molecular formula is C9H21N3O. The van der Waals surface area contributed by atoms with Crippen molar-refractivity contribution in [1.82, 2.24) is 10.6 Å². The molecule has 1 heterocycles. The van der Waals surface area contributed by atoms with Gasteiger partial charge in [0.05, 0.1) is 0 Å². The fraction of sp³-hybridized carbons (Fsp3) is 0.667. The zero-order chi connectivity index (χ0) is 10.7. The van der Waals surface area contributed by atoms with Crippen LogP contribution >= 0.6 is 0 Å². The third kappa shape index (κ3) is 8.88. The van der Waals surface area contributed by atoms with Crippen LogP contribution in [-0.2, 0) is 4.79 Å². The summed E-state index contributed by atoms with van der Waals surface area (Å²) < 4.78 is 0. The molecule has 0 radical (unpaired) electrons. The van der Waals surface area contributed by atoms with Crippen LogP contribution in [0.25, 0.3) is 0 Å². The Balaban J connectivity index is 0. The highest BCUT2D eigenvalue weighted by Crippen LogP contribution is 1.87. The van der Waals surface area contributed by atoms with E-state index in [-0.39, 0.29) is 5.91 Å². The van der Waals surface area contributed by atoms with Crippen LogP contribution in [0.2, 0.25) is 0 Å². The number of hydrogen-bond donors (Lipinski definition) is 3.